The van der Waals surface area contributed by atoms with Crippen molar-refractivity contribution in [2.75, 3.05) is 32.1 Å². The van der Waals surface area contributed by atoms with E-state index >= 15 is 0 Å². The fraction of sp³-hybridized carbons (Fsp3) is 0.440. The summed E-state index contributed by atoms with van der Waals surface area (Å²) in [6.07, 6.45) is 1.73. The summed E-state index contributed by atoms with van der Waals surface area (Å²) in [6.45, 7) is 11.1. The third kappa shape index (κ3) is 6.74. The zero-order chi connectivity index (χ0) is 23.0. The molecule has 0 saturated carbocycles. The van der Waals surface area contributed by atoms with Crippen LogP contribution in [0, 0.1) is 20.8 Å². The number of carbonyl (C=O) groups excluding carboxylic acids is 2. The van der Waals surface area contributed by atoms with Gasteiger partial charge in [-0.2, -0.15) is 0 Å². The third-order valence-corrected chi connectivity index (χ3v) is 4.78. The van der Waals surface area contributed by atoms with Crippen molar-refractivity contribution < 1.29 is 19.1 Å². The lowest BCUT2D eigenvalue weighted by Crippen LogP contribution is -2.35. The first-order valence-electron chi connectivity index (χ1n) is 10.8. The molecule has 0 aliphatic carbocycles. The first kappa shape index (κ1) is 24.3. The van der Waals surface area contributed by atoms with Crippen LogP contribution in [-0.2, 0) is 4.79 Å². The van der Waals surface area contributed by atoms with Crippen molar-refractivity contribution in [3.63, 3.8) is 0 Å². The Morgan fingerprint density at radius 2 is 1.48 bits per heavy atom. The number of amides is 2. The van der Waals surface area contributed by atoms with Crippen LogP contribution in [0.1, 0.15) is 53.7 Å². The van der Waals surface area contributed by atoms with Crippen LogP contribution in [0.2, 0.25) is 0 Å². The number of hydrogen-bond acceptors (Lipinski definition) is 4. The minimum absolute atomic E-state index is 0.0508. The van der Waals surface area contributed by atoms with Gasteiger partial charge in [-0.15, -0.1) is 0 Å². The molecule has 0 heterocycles. The van der Waals surface area contributed by atoms with E-state index in [9.17, 15) is 9.59 Å². The van der Waals surface area contributed by atoms with E-state index in [-0.39, 0.29) is 18.4 Å². The molecule has 0 unspecified atom stereocenters. The van der Waals surface area contributed by atoms with Gasteiger partial charge in [0.15, 0.2) is 11.5 Å². The standard InChI is InChI=1S/C25H34N2O4/c1-7-11-30-21-10-9-20(15-22(21)31-12-8-2)25(29)27(6)16-23(28)26-24-18(4)13-17(3)14-19(24)5/h9-10,13-15H,7-8,11-12,16H2,1-6H3,(H,26,28). The zero-order valence-corrected chi connectivity index (χ0v) is 19.5. The Hall–Kier alpha value is -3.02. The lowest BCUT2D eigenvalue weighted by molar-refractivity contribution is -0.116. The summed E-state index contributed by atoms with van der Waals surface area (Å²) in [4.78, 5) is 26.9. The fourth-order valence-electron chi connectivity index (χ4n) is 3.36. The SMILES string of the molecule is CCCOc1ccc(C(=O)N(C)CC(=O)Nc2c(C)cc(C)cc2C)cc1OCCC. The summed E-state index contributed by atoms with van der Waals surface area (Å²) in [5.41, 5.74) is 4.39. The van der Waals surface area contributed by atoms with Gasteiger partial charge in [0.25, 0.3) is 5.91 Å². The second-order valence-corrected chi connectivity index (χ2v) is 7.84. The fourth-order valence-corrected chi connectivity index (χ4v) is 3.36. The average Bonchev–Trinajstić information content (AvgIpc) is 2.72. The molecule has 168 valence electrons. The van der Waals surface area contributed by atoms with E-state index in [1.807, 2.05) is 46.8 Å². The minimum Gasteiger partial charge on any atom is -0.490 e. The van der Waals surface area contributed by atoms with Gasteiger partial charge in [0.05, 0.1) is 19.8 Å². The Morgan fingerprint density at radius 3 is 2.06 bits per heavy atom. The number of ether oxygens (including phenoxy) is 2. The molecule has 0 bridgehead atoms. The molecule has 0 fully saturated rings. The number of anilines is 1. The second kappa shape index (κ2) is 11.4. The van der Waals surface area contributed by atoms with Gasteiger partial charge in [0.1, 0.15) is 0 Å². The molecular formula is C25H34N2O4. The Balaban J connectivity index is 2.10. The molecule has 0 atom stereocenters. The maximum Gasteiger partial charge on any atom is 0.254 e. The van der Waals surface area contributed by atoms with Crippen LogP contribution in [0.15, 0.2) is 30.3 Å². The van der Waals surface area contributed by atoms with Crippen molar-refractivity contribution in [3.05, 3.63) is 52.6 Å². The maximum absolute atomic E-state index is 12.9. The largest absolute Gasteiger partial charge is 0.490 e. The highest BCUT2D eigenvalue weighted by Crippen LogP contribution is 2.29. The van der Waals surface area contributed by atoms with E-state index in [0.29, 0.717) is 30.3 Å². The van der Waals surface area contributed by atoms with Gasteiger partial charge in [0, 0.05) is 18.3 Å². The van der Waals surface area contributed by atoms with Crippen molar-refractivity contribution in [1.82, 2.24) is 4.90 Å². The van der Waals surface area contributed by atoms with Crippen molar-refractivity contribution >= 4 is 17.5 Å². The summed E-state index contributed by atoms with van der Waals surface area (Å²) < 4.78 is 11.5. The summed E-state index contributed by atoms with van der Waals surface area (Å²) in [5.74, 6) is 0.676. The highest BCUT2D eigenvalue weighted by Gasteiger charge is 2.18. The van der Waals surface area contributed by atoms with Gasteiger partial charge in [-0.3, -0.25) is 9.59 Å². The van der Waals surface area contributed by atoms with Crippen LogP contribution >= 0.6 is 0 Å². The first-order chi connectivity index (χ1) is 14.8. The Kier molecular flexibility index (Phi) is 8.91. The van der Waals surface area contributed by atoms with E-state index in [1.54, 1.807) is 25.2 Å². The second-order valence-electron chi connectivity index (χ2n) is 7.84. The van der Waals surface area contributed by atoms with Gasteiger partial charge in [0.2, 0.25) is 5.91 Å². The molecule has 2 aromatic rings. The monoisotopic (exact) mass is 426 g/mol. The van der Waals surface area contributed by atoms with E-state index in [1.165, 1.54) is 4.90 Å². The Labute approximate surface area is 185 Å². The predicted octanol–water partition coefficient (Wildman–Crippen LogP) is 4.90. The number of aryl methyl sites for hydroxylation is 3. The van der Waals surface area contributed by atoms with Crippen molar-refractivity contribution in [1.29, 1.82) is 0 Å². The number of rotatable bonds is 10. The molecule has 2 aromatic carbocycles. The molecule has 6 nitrogen and oxygen atoms in total. The molecule has 0 radical (unpaired) electrons. The normalized spacial score (nSPS) is 10.5. The smallest absolute Gasteiger partial charge is 0.254 e. The van der Waals surface area contributed by atoms with Crippen molar-refractivity contribution in [3.8, 4) is 11.5 Å². The van der Waals surface area contributed by atoms with E-state index in [4.69, 9.17) is 9.47 Å². The quantitative estimate of drug-likeness (QED) is 0.587. The molecule has 31 heavy (non-hydrogen) atoms. The molecule has 0 aliphatic rings. The number of nitrogens with zero attached hydrogens (tertiary/aromatic N) is 1. The van der Waals surface area contributed by atoms with Crippen LogP contribution in [0.25, 0.3) is 0 Å². The van der Waals surface area contributed by atoms with Crippen molar-refractivity contribution in [2.45, 2.75) is 47.5 Å². The highest BCUT2D eigenvalue weighted by atomic mass is 16.5. The number of benzene rings is 2. The summed E-state index contributed by atoms with van der Waals surface area (Å²) in [5, 5.41) is 2.94. The predicted molar refractivity (Wildman–Crippen MR) is 124 cm³/mol. The average molecular weight is 427 g/mol. The van der Waals surface area contributed by atoms with E-state index in [2.05, 4.69) is 5.32 Å². The number of likely N-dealkylation sites (N-methyl/N-ethyl adjacent to an activating group) is 1. The topological polar surface area (TPSA) is 67.9 Å². The maximum atomic E-state index is 12.9. The van der Waals surface area contributed by atoms with Crippen molar-refractivity contribution in [2.24, 2.45) is 0 Å². The molecule has 2 amide bonds. The van der Waals surface area contributed by atoms with Crippen LogP contribution in [0.3, 0.4) is 0 Å². The van der Waals surface area contributed by atoms with Gasteiger partial charge >= 0.3 is 0 Å². The Bertz CT molecular complexity index is 901. The third-order valence-electron chi connectivity index (χ3n) is 4.78. The Morgan fingerprint density at radius 1 is 0.903 bits per heavy atom. The van der Waals surface area contributed by atoms with Crippen LogP contribution in [0.5, 0.6) is 11.5 Å². The summed E-state index contributed by atoms with van der Waals surface area (Å²) in [6, 6.07) is 9.19. The molecule has 6 heteroatoms. The van der Waals surface area contributed by atoms with Gasteiger partial charge in [-0.25, -0.2) is 0 Å². The minimum atomic E-state index is -0.254. The van der Waals surface area contributed by atoms with Crippen LogP contribution in [-0.4, -0.2) is 43.5 Å². The molecule has 2 rings (SSSR count). The number of hydrogen-bond donors (Lipinski definition) is 1. The highest BCUT2D eigenvalue weighted by molar-refractivity contribution is 6.00. The molecular weight excluding hydrogens is 392 g/mol. The molecule has 0 aromatic heterocycles. The van der Waals surface area contributed by atoms with E-state index in [0.717, 1.165) is 35.2 Å². The number of carbonyl (C=O) groups is 2. The van der Waals surface area contributed by atoms with Crippen LogP contribution < -0.4 is 14.8 Å². The number of nitrogens with one attached hydrogen (secondary N) is 1. The zero-order valence-electron chi connectivity index (χ0n) is 19.5. The summed E-state index contributed by atoms with van der Waals surface area (Å²) >= 11 is 0. The van der Waals surface area contributed by atoms with Gasteiger partial charge < -0.3 is 19.7 Å². The van der Waals surface area contributed by atoms with E-state index < -0.39 is 0 Å². The van der Waals surface area contributed by atoms with Gasteiger partial charge in [-0.05, 0) is 62.9 Å². The molecule has 0 aliphatic heterocycles. The van der Waals surface area contributed by atoms with Gasteiger partial charge in [-0.1, -0.05) is 31.5 Å². The lowest BCUT2D eigenvalue weighted by Gasteiger charge is -2.19. The van der Waals surface area contributed by atoms with Crippen LogP contribution in [0.4, 0.5) is 5.69 Å². The first-order valence-corrected chi connectivity index (χ1v) is 10.8. The molecule has 0 saturated heterocycles. The lowest BCUT2D eigenvalue weighted by atomic mass is 10.1. The molecule has 0 spiro atoms. The summed E-state index contributed by atoms with van der Waals surface area (Å²) in [7, 11) is 1.62. The molecule has 1 N–H and O–H groups in total.